The van der Waals surface area contributed by atoms with E-state index in [-0.39, 0.29) is 12.5 Å². The number of carbonyl (C=O) groups is 1. The third-order valence-corrected chi connectivity index (χ3v) is 5.13. The summed E-state index contributed by atoms with van der Waals surface area (Å²) in [6, 6.07) is 14.0. The monoisotopic (exact) mass is 344 g/mol. The first kappa shape index (κ1) is 16.8. The van der Waals surface area contributed by atoms with Crippen LogP contribution in [0.25, 0.3) is 0 Å². The summed E-state index contributed by atoms with van der Waals surface area (Å²) in [7, 11) is 0. The fourth-order valence-electron chi connectivity index (χ4n) is 3.34. The van der Waals surface area contributed by atoms with Crippen LogP contribution in [0, 0.1) is 5.41 Å². The van der Waals surface area contributed by atoms with Crippen molar-refractivity contribution in [2.45, 2.75) is 32.6 Å². The molecule has 1 aliphatic heterocycles. The average molecular weight is 345 g/mol. The maximum atomic E-state index is 11.4. The van der Waals surface area contributed by atoms with Gasteiger partial charge in [-0.15, -0.1) is 0 Å². The zero-order chi connectivity index (χ0) is 17.3. The second-order valence-electron chi connectivity index (χ2n) is 6.15. The molecule has 1 N–H and O–H groups in total. The number of aliphatic carboxylic acids is 1. The minimum absolute atomic E-state index is 0.0389. The van der Waals surface area contributed by atoms with E-state index in [1.54, 1.807) is 0 Å². The molecule has 4 rings (SSSR count). The zero-order valence-corrected chi connectivity index (χ0v) is 14.6. The molecule has 24 heavy (non-hydrogen) atoms. The molecular weight excluding hydrogens is 324 g/mol. The standard InChI is InChI=1S/C18H15ClO3.C2H6/c19-15-8-13-14-9-18(14,17(20)21)10-22-16(13)7-12(15)6-11-4-2-1-3-5-11;1-2/h1-5,7-8,14H,6,9-10H2,(H,20,21);1-2H3. The number of rotatable bonds is 3. The quantitative estimate of drug-likeness (QED) is 0.860. The zero-order valence-electron chi connectivity index (χ0n) is 13.9. The molecule has 2 aromatic carbocycles. The van der Waals surface area contributed by atoms with Gasteiger partial charge in [0.1, 0.15) is 17.8 Å². The highest BCUT2D eigenvalue weighted by Crippen LogP contribution is 2.64. The molecule has 3 nitrogen and oxygen atoms in total. The van der Waals surface area contributed by atoms with E-state index >= 15 is 0 Å². The molecule has 0 saturated heterocycles. The van der Waals surface area contributed by atoms with Crippen molar-refractivity contribution in [3.05, 3.63) is 64.2 Å². The van der Waals surface area contributed by atoms with Gasteiger partial charge in [-0.2, -0.15) is 0 Å². The van der Waals surface area contributed by atoms with E-state index in [1.165, 1.54) is 5.56 Å². The first-order chi connectivity index (χ1) is 11.6. The van der Waals surface area contributed by atoms with Gasteiger partial charge in [-0.25, -0.2) is 0 Å². The highest BCUT2D eigenvalue weighted by molar-refractivity contribution is 6.31. The van der Waals surface area contributed by atoms with Crippen LogP contribution in [0.1, 0.15) is 42.9 Å². The number of ether oxygens (including phenoxy) is 1. The van der Waals surface area contributed by atoms with Gasteiger partial charge in [0, 0.05) is 16.5 Å². The molecule has 0 spiro atoms. The number of benzene rings is 2. The van der Waals surface area contributed by atoms with E-state index in [9.17, 15) is 9.90 Å². The van der Waals surface area contributed by atoms with Gasteiger partial charge in [0.2, 0.25) is 0 Å². The second-order valence-corrected chi connectivity index (χ2v) is 6.56. The maximum Gasteiger partial charge on any atom is 0.313 e. The number of carboxylic acid groups (broad SMARTS) is 1. The van der Waals surface area contributed by atoms with Crippen LogP contribution in [0.5, 0.6) is 5.75 Å². The van der Waals surface area contributed by atoms with Crippen molar-refractivity contribution in [1.29, 1.82) is 0 Å². The molecule has 0 bridgehead atoms. The summed E-state index contributed by atoms with van der Waals surface area (Å²) in [6.45, 7) is 4.26. The van der Waals surface area contributed by atoms with Crippen LogP contribution in [0.2, 0.25) is 5.02 Å². The highest BCUT2D eigenvalue weighted by atomic mass is 35.5. The van der Waals surface area contributed by atoms with Crippen molar-refractivity contribution < 1.29 is 14.6 Å². The number of hydrogen-bond acceptors (Lipinski definition) is 2. The first-order valence-electron chi connectivity index (χ1n) is 8.32. The maximum absolute atomic E-state index is 11.4. The molecule has 0 radical (unpaired) electrons. The highest BCUT2D eigenvalue weighted by Gasteiger charge is 2.64. The molecule has 0 amide bonds. The van der Waals surface area contributed by atoms with Crippen LogP contribution < -0.4 is 4.74 Å². The average Bonchev–Trinajstić information content (AvgIpc) is 3.35. The van der Waals surface area contributed by atoms with Gasteiger partial charge in [-0.1, -0.05) is 55.8 Å². The van der Waals surface area contributed by atoms with Crippen LogP contribution in [0.3, 0.4) is 0 Å². The minimum atomic E-state index is -0.771. The Labute approximate surface area is 147 Å². The number of halogens is 1. The predicted molar refractivity (Wildman–Crippen MR) is 95.0 cm³/mol. The summed E-state index contributed by atoms with van der Waals surface area (Å²) in [4.78, 5) is 11.4. The molecule has 1 saturated carbocycles. The van der Waals surface area contributed by atoms with Crippen molar-refractivity contribution in [1.82, 2.24) is 0 Å². The fourth-order valence-corrected chi connectivity index (χ4v) is 3.58. The number of carboxylic acids is 1. The Morgan fingerprint density at radius 3 is 2.67 bits per heavy atom. The van der Waals surface area contributed by atoms with Crippen molar-refractivity contribution in [3.8, 4) is 5.75 Å². The minimum Gasteiger partial charge on any atom is -0.492 e. The van der Waals surface area contributed by atoms with Crippen LogP contribution in [0.15, 0.2) is 42.5 Å². The van der Waals surface area contributed by atoms with E-state index in [0.717, 1.165) is 23.3 Å². The van der Waals surface area contributed by atoms with Crippen molar-refractivity contribution in [2.75, 3.05) is 6.61 Å². The molecule has 1 fully saturated rings. The van der Waals surface area contributed by atoms with Crippen LogP contribution in [-0.2, 0) is 11.2 Å². The molecule has 1 aliphatic carbocycles. The molecule has 126 valence electrons. The molecule has 2 aliphatic rings. The number of fused-ring (bicyclic) bond motifs is 3. The Kier molecular flexibility index (Phi) is 4.55. The van der Waals surface area contributed by atoms with Gasteiger partial charge >= 0.3 is 5.97 Å². The van der Waals surface area contributed by atoms with Gasteiger partial charge in [0.25, 0.3) is 0 Å². The Hall–Kier alpha value is -2.00. The van der Waals surface area contributed by atoms with E-state index in [4.69, 9.17) is 16.3 Å². The van der Waals surface area contributed by atoms with Crippen LogP contribution in [-0.4, -0.2) is 17.7 Å². The summed E-state index contributed by atoms with van der Waals surface area (Å²) < 4.78 is 5.74. The van der Waals surface area contributed by atoms with Gasteiger partial charge in [0.05, 0.1) is 0 Å². The number of hydrogen-bond donors (Lipinski definition) is 1. The third kappa shape index (κ3) is 2.78. The summed E-state index contributed by atoms with van der Waals surface area (Å²) >= 11 is 6.42. The fraction of sp³-hybridized carbons (Fsp3) is 0.350. The Balaban J connectivity index is 0.000000815. The van der Waals surface area contributed by atoms with E-state index in [2.05, 4.69) is 12.1 Å². The molecular formula is C20H21ClO3. The predicted octanol–water partition coefficient (Wildman–Crippen LogP) is 4.91. The Bertz CT molecular complexity index is 757. The van der Waals surface area contributed by atoms with Gasteiger partial charge in [-0.3, -0.25) is 4.79 Å². The summed E-state index contributed by atoms with van der Waals surface area (Å²) in [5, 5.41) is 10.1. The van der Waals surface area contributed by atoms with E-state index in [0.29, 0.717) is 11.4 Å². The largest absolute Gasteiger partial charge is 0.492 e. The van der Waals surface area contributed by atoms with Crippen molar-refractivity contribution in [3.63, 3.8) is 0 Å². The summed E-state index contributed by atoms with van der Waals surface area (Å²) in [5.41, 5.74) is 2.41. The summed E-state index contributed by atoms with van der Waals surface area (Å²) in [6.07, 6.45) is 1.38. The third-order valence-electron chi connectivity index (χ3n) is 4.78. The molecule has 1 heterocycles. The smallest absolute Gasteiger partial charge is 0.313 e. The van der Waals surface area contributed by atoms with Crippen LogP contribution >= 0.6 is 11.6 Å². The van der Waals surface area contributed by atoms with Gasteiger partial charge < -0.3 is 9.84 Å². The topological polar surface area (TPSA) is 46.5 Å². The van der Waals surface area contributed by atoms with Gasteiger partial charge in [-0.05, 0) is 36.1 Å². The lowest BCUT2D eigenvalue weighted by Gasteiger charge is -2.23. The normalized spacial score (nSPS) is 23.0. The molecule has 4 heteroatoms. The van der Waals surface area contributed by atoms with Gasteiger partial charge in [0.15, 0.2) is 0 Å². The Morgan fingerprint density at radius 2 is 2.00 bits per heavy atom. The molecule has 2 aromatic rings. The van der Waals surface area contributed by atoms with Crippen molar-refractivity contribution in [2.24, 2.45) is 5.41 Å². The van der Waals surface area contributed by atoms with E-state index in [1.807, 2.05) is 44.2 Å². The molecule has 2 atom stereocenters. The lowest BCUT2D eigenvalue weighted by atomic mass is 9.94. The lowest BCUT2D eigenvalue weighted by molar-refractivity contribution is -0.145. The van der Waals surface area contributed by atoms with Crippen molar-refractivity contribution >= 4 is 17.6 Å². The molecule has 2 unspecified atom stereocenters. The first-order valence-corrected chi connectivity index (χ1v) is 8.70. The second kappa shape index (κ2) is 6.48. The Morgan fingerprint density at radius 1 is 1.29 bits per heavy atom. The summed E-state index contributed by atoms with van der Waals surface area (Å²) in [5.74, 6) is 0.0550. The molecule has 0 aromatic heterocycles. The van der Waals surface area contributed by atoms with Crippen LogP contribution in [0.4, 0.5) is 0 Å². The lowest BCUT2D eigenvalue weighted by Crippen LogP contribution is -2.28. The SMILES string of the molecule is CC.O=C(O)C12COc3cc(Cc4ccccc4)c(Cl)cc3C1C2. The van der Waals surface area contributed by atoms with E-state index < -0.39 is 11.4 Å².